The summed E-state index contributed by atoms with van der Waals surface area (Å²) in [5.41, 5.74) is 1.98. The number of benzene rings is 2. The van der Waals surface area contributed by atoms with Crippen molar-refractivity contribution in [3.8, 4) is 0 Å². The van der Waals surface area contributed by atoms with Gasteiger partial charge >= 0.3 is 6.01 Å². The van der Waals surface area contributed by atoms with Gasteiger partial charge in [0, 0.05) is 34.1 Å². The topological polar surface area (TPSA) is 122 Å². The van der Waals surface area contributed by atoms with Gasteiger partial charge < -0.3 is 15.1 Å². The molecule has 1 aliphatic heterocycles. The average Bonchev–Trinajstić information content (AvgIpc) is 3.25. The van der Waals surface area contributed by atoms with Crippen LogP contribution in [0.3, 0.4) is 0 Å². The van der Waals surface area contributed by atoms with Crippen molar-refractivity contribution in [3.05, 3.63) is 93.8 Å². The molecule has 4 aromatic rings. The summed E-state index contributed by atoms with van der Waals surface area (Å²) in [4.78, 5) is 38.1. The minimum atomic E-state index is -0.968. The molecule has 0 saturated heterocycles. The van der Waals surface area contributed by atoms with Crippen LogP contribution >= 0.6 is 11.6 Å². The third kappa shape index (κ3) is 5.09. The summed E-state index contributed by atoms with van der Waals surface area (Å²) in [5, 5.41) is 8.62. The molecule has 2 aromatic heterocycles. The van der Waals surface area contributed by atoms with Crippen LogP contribution in [0.4, 0.5) is 20.6 Å². The van der Waals surface area contributed by atoms with E-state index in [1.54, 1.807) is 6.92 Å². The first-order chi connectivity index (χ1) is 18.2. The lowest BCUT2D eigenvalue weighted by Crippen LogP contribution is -2.37. The Morgan fingerprint density at radius 3 is 2.61 bits per heavy atom. The zero-order valence-corrected chi connectivity index (χ0v) is 20.7. The van der Waals surface area contributed by atoms with Crippen LogP contribution in [0.5, 0.6) is 0 Å². The predicted octanol–water partition coefficient (Wildman–Crippen LogP) is 5.38. The van der Waals surface area contributed by atoms with Crippen LogP contribution < -0.4 is 16.0 Å². The Morgan fingerprint density at radius 2 is 1.84 bits per heavy atom. The third-order valence-corrected chi connectivity index (χ3v) is 6.05. The first kappa shape index (κ1) is 25.0. The molecule has 1 amide bonds. The largest absolute Gasteiger partial charge is 0.423 e. The van der Waals surface area contributed by atoms with Crippen molar-refractivity contribution in [1.82, 2.24) is 15.3 Å². The van der Waals surface area contributed by atoms with Gasteiger partial charge in [0.25, 0.3) is 5.91 Å². The van der Waals surface area contributed by atoms with E-state index in [0.29, 0.717) is 22.3 Å². The summed E-state index contributed by atoms with van der Waals surface area (Å²) >= 11 is 6.35. The number of nitrogens with zero attached hydrogens (tertiary/aromatic N) is 3. The summed E-state index contributed by atoms with van der Waals surface area (Å²) in [6.45, 7) is 3.05. The molecule has 0 radical (unpaired) electrons. The molecule has 3 heterocycles. The number of halogens is 3. The van der Waals surface area contributed by atoms with Crippen LogP contribution in [-0.4, -0.2) is 27.6 Å². The van der Waals surface area contributed by atoms with Gasteiger partial charge in [-0.1, -0.05) is 17.7 Å². The Hall–Kier alpha value is -4.64. The lowest BCUT2D eigenvalue weighted by atomic mass is 9.95. The van der Waals surface area contributed by atoms with Gasteiger partial charge in [0.05, 0.1) is 5.57 Å². The predicted molar refractivity (Wildman–Crippen MR) is 138 cm³/mol. The first-order valence-corrected chi connectivity index (χ1v) is 11.7. The molecule has 38 heavy (non-hydrogen) atoms. The molecule has 3 N–H and O–H groups in total. The summed E-state index contributed by atoms with van der Waals surface area (Å²) < 4.78 is 32.9. The lowest BCUT2D eigenvalue weighted by Gasteiger charge is -2.27. The van der Waals surface area contributed by atoms with E-state index in [2.05, 4.69) is 30.9 Å². The standard InChI is InChI=1S/C26H19ClF2N6O3/c1-12-22(24(37)33-21-9-14(13(2)36)7-8-30-21)23(17-5-3-15(28)10-18(17)27)34-25(31-12)35-26-32-19-6-4-16(29)11-20(19)38-26/h3-11,23H,1-2H3,(H,30,33,37)(H2,31,32,34,35). The number of hydrogen-bond acceptors (Lipinski definition) is 8. The highest BCUT2D eigenvalue weighted by atomic mass is 35.5. The van der Waals surface area contributed by atoms with E-state index >= 15 is 0 Å². The number of carbonyl (C=O) groups is 2. The lowest BCUT2D eigenvalue weighted by molar-refractivity contribution is -0.113. The van der Waals surface area contributed by atoms with E-state index in [1.165, 1.54) is 55.6 Å². The molecule has 192 valence electrons. The SMILES string of the molecule is CC(=O)c1ccnc(NC(=O)C2=C(C)NC(Nc3nc4ccc(F)cc4o3)=NC2c2ccc(F)cc2Cl)c1. The maximum atomic E-state index is 13.8. The fourth-order valence-electron chi connectivity index (χ4n) is 3.94. The minimum absolute atomic E-state index is 0.0340. The molecule has 0 saturated carbocycles. The number of hydrogen-bond donors (Lipinski definition) is 3. The molecule has 1 atom stereocenters. The number of amides is 1. The van der Waals surface area contributed by atoms with E-state index in [0.717, 1.165) is 6.07 Å². The van der Waals surface area contributed by atoms with Gasteiger partial charge in [0.1, 0.15) is 29.0 Å². The van der Waals surface area contributed by atoms with Crippen molar-refractivity contribution in [2.45, 2.75) is 19.9 Å². The highest BCUT2D eigenvalue weighted by molar-refractivity contribution is 6.31. The molecule has 0 fully saturated rings. The second kappa shape index (κ2) is 10.0. The Bertz CT molecular complexity index is 1670. The number of nitrogens with one attached hydrogen (secondary N) is 3. The number of fused-ring (bicyclic) bond motifs is 1. The number of carbonyl (C=O) groups excluding carboxylic acids is 2. The number of allylic oxidation sites excluding steroid dienone is 1. The van der Waals surface area contributed by atoms with Crippen molar-refractivity contribution >= 4 is 52.2 Å². The molecule has 9 nitrogen and oxygen atoms in total. The van der Waals surface area contributed by atoms with E-state index in [9.17, 15) is 18.4 Å². The molecule has 2 aromatic carbocycles. The number of aromatic nitrogens is 2. The van der Waals surface area contributed by atoms with Crippen molar-refractivity contribution < 1.29 is 22.8 Å². The Balaban J connectivity index is 1.50. The molecule has 12 heteroatoms. The fourth-order valence-corrected chi connectivity index (χ4v) is 4.21. The van der Waals surface area contributed by atoms with Gasteiger partial charge in [-0.25, -0.2) is 18.8 Å². The van der Waals surface area contributed by atoms with Crippen molar-refractivity contribution in [1.29, 1.82) is 0 Å². The monoisotopic (exact) mass is 536 g/mol. The summed E-state index contributed by atoms with van der Waals surface area (Å²) in [6.07, 6.45) is 1.41. The van der Waals surface area contributed by atoms with E-state index < -0.39 is 23.6 Å². The summed E-state index contributed by atoms with van der Waals surface area (Å²) in [6, 6.07) is 9.77. The maximum absolute atomic E-state index is 13.8. The first-order valence-electron chi connectivity index (χ1n) is 11.3. The summed E-state index contributed by atoms with van der Waals surface area (Å²) in [7, 11) is 0. The normalized spacial score (nSPS) is 15.2. The number of aliphatic imine (C=N–C) groups is 1. The quantitative estimate of drug-likeness (QED) is 0.293. The van der Waals surface area contributed by atoms with Gasteiger partial charge in [-0.3, -0.25) is 14.9 Å². The molecule has 1 unspecified atom stereocenters. The second-order valence-corrected chi connectivity index (χ2v) is 8.81. The second-order valence-electron chi connectivity index (χ2n) is 8.41. The van der Waals surface area contributed by atoms with Crippen LogP contribution in [-0.2, 0) is 4.79 Å². The smallest absolute Gasteiger partial charge is 0.302 e. The molecular weight excluding hydrogens is 518 g/mol. The maximum Gasteiger partial charge on any atom is 0.302 e. The minimum Gasteiger partial charge on any atom is -0.423 e. The molecule has 1 aliphatic rings. The number of pyridine rings is 1. The van der Waals surface area contributed by atoms with Gasteiger partial charge in [0.15, 0.2) is 11.4 Å². The van der Waals surface area contributed by atoms with E-state index in [1.807, 2.05) is 0 Å². The van der Waals surface area contributed by atoms with Gasteiger partial charge in [-0.2, -0.15) is 4.98 Å². The number of anilines is 2. The molecule has 0 aliphatic carbocycles. The zero-order valence-electron chi connectivity index (χ0n) is 20.0. The van der Waals surface area contributed by atoms with Gasteiger partial charge in [0.2, 0.25) is 5.96 Å². The van der Waals surface area contributed by atoms with E-state index in [-0.39, 0.29) is 39.8 Å². The van der Waals surface area contributed by atoms with Crippen LogP contribution in [0.25, 0.3) is 11.1 Å². The Labute approximate surface area is 219 Å². The van der Waals surface area contributed by atoms with Crippen LogP contribution in [0.15, 0.2) is 75.4 Å². The zero-order chi connectivity index (χ0) is 27.0. The van der Waals surface area contributed by atoms with Crippen LogP contribution in [0.1, 0.15) is 35.8 Å². The van der Waals surface area contributed by atoms with Crippen molar-refractivity contribution in [2.24, 2.45) is 4.99 Å². The van der Waals surface area contributed by atoms with Crippen LogP contribution in [0, 0.1) is 11.6 Å². The Morgan fingerprint density at radius 1 is 1.08 bits per heavy atom. The number of oxazole rings is 1. The van der Waals surface area contributed by atoms with Gasteiger partial charge in [-0.05, 0) is 50.2 Å². The third-order valence-electron chi connectivity index (χ3n) is 5.73. The number of Topliss-reactive ketones (excluding diaryl/α,β-unsaturated/α-hetero) is 1. The van der Waals surface area contributed by atoms with Gasteiger partial charge in [-0.15, -0.1) is 0 Å². The molecule has 0 spiro atoms. The molecule has 5 rings (SSSR count). The fraction of sp³-hybridized carbons (Fsp3) is 0.115. The van der Waals surface area contributed by atoms with E-state index in [4.69, 9.17) is 16.0 Å². The van der Waals surface area contributed by atoms with Crippen molar-refractivity contribution in [2.75, 3.05) is 10.6 Å². The number of guanidine groups is 1. The average molecular weight is 537 g/mol. The van der Waals surface area contributed by atoms with Crippen LogP contribution in [0.2, 0.25) is 5.02 Å². The highest BCUT2D eigenvalue weighted by Crippen LogP contribution is 2.36. The Kier molecular flexibility index (Phi) is 6.60. The van der Waals surface area contributed by atoms with Crippen molar-refractivity contribution in [3.63, 3.8) is 0 Å². The number of ketones is 1. The number of rotatable bonds is 5. The summed E-state index contributed by atoms with van der Waals surface area (Å²) in [5.74, 6) is -1.45. The highest BCUT2D eigenvalue weighted by Gasteiger charge is 2.31. The molecule has 0 bridgehead atoms. The molecular formula is C26H19ClF2N6O3.